The summed E-state index contributed by atoms with van der Waals surface area (Å²) < 4.78 is 16.9. The second-order valence-corrected chi connectivity index (χ2v) is 7.16. The van der Waals surface area contributed by atoms with Gasteiger partial charge in [0, 0.05) is 6.20 Å². The molecule has 13 heteroatoms. The van der Waals surface area contributed by atoms with Crippen molar-refractivity contribution in [2.24, 2.45) is 0 Å². The zero-order valence-corrected chi connectivity index (χ0v) is 16.5. The van der Waals surface area contributed by atoms with Crippen LogP contribution in [0.4, 0.5) is 0 Å². The van der Waals surface area contributed by atoms with E-state index >= 15 is 0 Å². The molecule has 0 amide bonds. The largest absolute Gasteiger partial charge is 0.394 e. The van der Waals surface area contributed by atoms with Gasteiger partial charge >= 0.3 is 5.69 Å². The standard InChI is InChI=1S/C16H21BrN2O10/c17-2-1-6-3-19(16(26)18-13(6)25)14-11(23)10(22)8(28-14)5-27-15-12(24)9(21)7(4-20)29-15/h1-3,7-12,14-15,20-24H,4-5H2,(H,18,25,26)/t7-,8-,9-,10-,11-,12+,14-,15?/m1/s1. The summed E-state index contributed by atoms with van der Waals surface area (Å²) in [4.78, 5) is 27.4. The molecule has 1 aromatic heterocycles. The molecule has 2 aliphatic rings. The number of rotatable bonds is 6. The SMILES string of the molecule is O=c1[nH]c(=O)n([C@@H]2O[C@H](COC3O[C@H](CO)[C@@H](O)[C@@H]3O)[C@@H](O)[C@H]2O)cc1C=CBr. The maximum absolute atomic E-state index is 12.1. The van der Waals surface area contributed by atoms with Crippen molar-refractivity contribution >= 4 is 22.0 Å². The third-order valence-corrected chi connectivity index (χ3v) is 5.04. The van der Waals surface area contributed by atoms with Gasteiger partial charge in [-0.2, -0.15) is 0 Å². The average molecular weight is 481 g/mol. The maximum Gasteiger partial charge on any atom is 0.330 e. The lowest BCUT2D eigenvalue weighted by atomic mass is 10.1. The maximum atomic E-state index is 12.1. The molecular weight excluding hydrogens is 460 g/mol. The fourth-order valence-electron chi connectivity index (χ4n) is 3.17. The molecule has 3 rings (SSSR count). The smallest absolute Gasteiger partial charge is 0.330 e. The molecule has 8 atom stereocenters. The lowest BCUT2D eigenvalue weighted by Crippen LogP contribution is -2.39. The first-order chi connectivity index (χ1) is 13.8. The third-order valence-electron chi connectivity index (χ3n) is 4.77. The molecule has 0 saturated carbocycles. The minimum Gasteiger partial charge on any atom is -0.394 e. The number of aliphatic hydroxyl groups is 5. The summed E-state index contributed by atoms with van der Waals surface area (Å²) in [6.45, 7) is -0.880. The summed E-state index contributed by atoms with van der Waals surface area (Å²) in [5.74, 6) is 0. The van der Waals surface area contributed by atoms with E-state index in [-0.39, 0.29) is 12.2 Å². The van der Waals surface area contributed by atoms with Crippen LogP contribution in [0.2, 0.25) is 0 Å². The van der Waals surface area contributed by atoms with Gasteiger partial charge in [-0.05, 0) is 11.1 Å². The summed E-state index contributed by atoms with van der Waals surface area (Å²) in [5, 5.41) is 49.2. The van der Waals surface area contributed by atoms with E-state index in [9.17, 15) is 30.0 Å². The fraction of sp³-hybridized carbons (Fsp3) is 0.625. The van der Waals surface area contributed by atoms with Gasteiger partial charge in [-0.3, -0.25) is 14.3 Å². The highest BCUT2D eigenvalue weighted by Gasteiger charge is 2.47. The van der Waals surface area contributed by atoms with Crippen LogP contribution >= 0.6 is 15.9 Å². The van der Waals surface area contributed by atoms with Crippen LogP contribution in [0, 0.1) is 0 Å². The number of nitrogens with one attached hydrogen (secondary N) is 1. The number of H-pyrrole nitrogens is 1. The molecular formula is C16H21BrN2O10. The molecule has 1 aromatic rings. The molecule has 0 radical (unpaired) electrons. The Hall–Kier alpha value is -1.42. The zero-order chi connectivity index (χ0) is 21.3. The fourth-order valence-corrected chi connectivity index (χ4v) is 3.45. The van der Waals surface area contributed by atoms with Crippen molar-refractivity contribution in [1.29, 1.82) is 0 Å². The Kier molecular flexibility index (Phi) is 7.03. The summed E-state index contributed by atoms with van der Waals surface area (Å²) in [5.41, 5.74) is -1.37. The summed E-state index contributed by atoms with van der Waals surface area (Å²) in [6.07, 6.45) is -7.90. The number of aromatic nitrogens is 2. The zero-order valence-electron chi connectivity index (χ0n) is 14.9. The highest BCUT2D eigenvalue weighted by molar-refractivity contribution is 9.11. The van der Waals surface area contributed by atoms with Gasteiger partial charge in [-0.15, -0.1) is 0 Å². The van der Waals surface area contributed by atoms with Gasteiger partial charge in [0.15, 0.2) is 12.5 Å². The van der Waals surface area contributed by atoms with Gasteiger partial charge < -0.3 is 39.7 Å². The van der Waals surface area contributed by atoms with Crippen LogP contribution in [0.15, 0.2) is 20.8 Å². The highest BCUT2D eigenvalue weighted by Crippen LogP contribution is 2.30. The normalized spacial score (nSPS) is 37.6. The molecule has 2 fully saturated rings. The molecule has 0 aromatic carbocycles. The predicted molar refractivity (Wildman–Crippen MR) is 98.9 cm³/mol. The number of halogens is 1. The quantitative estimate of drug-likeness (QED) is 0.245. The van der Waals surface area contributed by atoms with E-state index in [2.05, 4.69) is 20.9 Å². The Bertz CT molecular complexity index is 857. The van der Waals surface area contributed by atoms with E-state index in [1.807, 2.05) is 0 Å². The van der Waals surface area contributed by atoms with Gasteiger partial charge in [0.1, 0.15) is 36.6 Å². The Labute approximate surface area is 171 Å². The van der Waals surface area contributed by atoms with Crippen molar-refractivity contribution in [3.05, 3.63) is 37.6 Å². The summed E-state index contributed by atoms with van der Waals surface area (Å²) >= 11 is 3.03. The molecule has 162 valence electrons. The van der Waals surface area contributed by atoms with Crippen LogP contribution in [-0.2, 0) is 14.2 Å². The first-order valence-electron chi connectivity index (χ1n) is 8.66. The Morgan fingerprint density at radius 1 is 1.10 bits per heavy atom. The molecule has 1 unspecified atom stereocenters. The Morgan fingerprint density at radius 3 is 2.41 bits per heavy atom. The Balaban J connectivity index is 1.72. The average Bonchev–Trinajstić information content (AvgIpc) is 3.13. The lowest BCUT2D eigenvalue weighted by Gasteiger charge is -2.20. The van der Waals surface area contributed by atoms with Crippen molar-refractivity contribution in [3.8, 4) is 0 Å². The van der Waals surface area contributed by atoms with Gasteiger partial charge in [-0.1, -0.05) is 15.9 Å². The van der Waals surface area contributed by atoms with Gasteiger partial charge in [0.05, 0.1) is 18.8 Å². The van der Waals surface area contributed by atoms with E-state index in [4.69, 9.17) is 19.3 Å². The van der Waals surface area contributed by atoms with E-state index in [1.165, 1.54) is 17.3 Å². The van der Waals surface area contributed by atoms with Crippen LogP contribution in [0.25, 0.3) is 6.08 Å². The molecule has 0 aliphatic carbocycles. The molecule has 0 spiro atoms. The van der Waals surface area contributed by atoms with Crippen molar-refractivity contribution in [1.82, 2.24) is 9.55 Å². The second kappa shape index (κ2) is 9.16. The predicted octanol–water partition coefficient (Wildman–Crippen LogP) is -3.02. The highest BCUT2D eigenvalue weighted by atomic mass is 79.9. The van der Waals surface area contributed by atoms with Crippen LogP contribution in [0.1, 0.15) is 11.8 Å². The van der Waals surface area contributed by atoms with Crippen molar-refractivity contribution in [3.63, 3.8) is 0 Å². The molecule has 29 heavy (non-hydrogen) atoms. The topological polar surface area (TPSA) is 184 Å². The molecule has 12 nitrogen and oxygen atoms in total. The Morgan fingerprint density at radius 2 is 1.79 bits per heavy atom. The van der Waals surface area contributed by atoms with Crippen LogP contribution in [0.3, 0.4) is 0 Å². The molecule has 6 N–H and O–H groups in total. The van der Waals surface area contributed by atoms with Crippen molar-refractivity contribution < 1.29 is 39.7 Å². The monoisotopic (exact) mass is 480 g/mol. The van der Waals surface area contributed by atoms with E-state index in [1.54, 1.807) is 0 Å². The van der Waals surface area contributed by atoms with E-state index in [0.29, 0.717) is 0 Å². The summed E-state index contributed by atoms with van der Waals surface area (Å²) in [7, 11) is 0. The van der Waals surface area contributed by atoms with E-state index < -0.39 is 67.0 Å². The minimum absolute atomic E-state index is 0.109. The molecule has 3 heterocycles. The number of aromatic amines is 1. The number of hydrogen-bond donors (Lipinski definition) is 6. The summed E-state index contributed by atoms with van der Waals surface area (Å²) in [6, 6.07) is 0. The van der Waals surface area contributed by atoms with E-state index in [0.717, 1.165) is 4.57 Å². The first kappa shape index (κ1) is 22.3. The number of nitrogens with zero attached hydrogens (tertiary/aromatic N) is 1. The molecule has 2 saturated heterocycles. The van der Waals surface area contributed by atoms with Gasteiger partial charge in [0.2, 0.25) is 0 Å². The van der Waals surface area contributed by atoms with Crippen LogP contribution in [0.5, 0.6) is 0 Å². The minimum atomic E-state index is -1.52. The van der Waals surface area contributed by atoms with Crippen molar-refractivity contribution in [2.75, 3.05) is 13.2 Å². The first-order valence-corrected chi connectivity index (χ1v) is 9.58. The number of aliphatic hydroxyl groups excluding tert-OH is 5. The number of ether oxygens (including phenoxy) is 3. The molecule has 0 bridgehead atoms. The van der Waals surface area contributed by atoms with Crippen molar-refractivity contribution in [2.45, 2.75) is 49.1 Å². The molecule has 2 aliphatic heterocycles. The van der Waals surface area contributed by atoms with Gasteiger partial charge in [0.25, 0.3) is 5.56 Å². The van der Waals surface area contributed by atoms with Crippen LogP contribution < -0.4 is 11.2 Å². The lowest BCUT2D eigenvalue weighted by molar-refractivity contribution is -0.190. The van der Waals surface area contributed by atoms with Gasteiger partial charge in [-0.25, -0.2) is 4.79 Å². The number of hydrogen-bond acceptors (Lipinski definition) is 10. The van der Waals surface area contributed by atoms with Crippen LogP contribution in [-0.4, -0.2) is 91.2 Å². The third kappa shape index (κ3) is 4.38. The second-order valence-electron chi connectivity index (χ2n) is 6.63.